The van der Waals surface area contributed by atoms with E-state index in [9.17, 15) is 55.1 Å². The van der Waals surface area contributed by atoms with Crippen LogP contribution in [0.3, 0.4) is 0 Å². The van der Waals surface area contributed by atoms with Crippen molar-refractivity contribution >= 4 is 116 Å². The molecule has 0 radical (unpaired) electrons. The molecular weight excluding hydrogens is 992 g/mol. The van der Waals surface area contributed by atoms with Gasteiger partial charge in [-0.25, -0.2) is 0 Å². The maximum Gasteiger partial charge on any atom is 0.417 e. The van der Waals surface area contributed by atoms with Crippen LogP contribution in [-0.4, -0.2) is 47.3 Å². The lowest BCUT2D eigenvalue weighted by molar-refractivity contribution is -0.138. The van der Waals surface area contributed by atoms with Gasteiger partial charge in [0, 0.05) is 22.7 Å². The van der Waals surface area contributed by atoms with Gasteiger partial charge in [0.25, 0.3) is 23.6 Å². The summed E-state index contributed by atoms with van der Waals surface area (Å²) in [5, 5.41) is 23.5. The number of nitrogens with one attached hydrogen (secondary N) is 4. The van der Waals surface area contributed by atoms with E-state index in [1.807, 2.05) is 0 Å². The number of alkyl halides is 6. The van der Waals surface area contributed by atoms with E-state index < -0.39 is 80.8 Å². The minimum absolute atomic E-state index is 0.163. The van der Waals surface area contributed by atoms with Gasteiger partial charge in [0.05, 0.1) is 42.3 Å². The van der Waals surface area contributed by atoms with Crippen LogP contribution in [0.4, 0.5) is 60.5 Å². The standard InChI is InChI=1S/C44H32Cl4F6N8O6/c1-19-15-34(58-42(68)38(22(4)64)62-60-32-10-6-8-26(36(32)48)40(66)56-24-12-14-30(46)28(18-24)44(52,53)54)20(2)16-33(19)57-41(67)37(21(3)63)61-59-31-9-5-7-25(35(31)47)39(65)55-23-11-13-29(45)27(17-23)43(49,50)51/h5-18,37-38H,1-4H3,(H,55,65)(H,56,66)(H,57,67)(H,58,68). The number of Topliss-reactive ketones (excluding diaryl/α,β-unsaturated/α-hetero) is 2. The molecule has 0 spiro atoms. The van der Waals surface area contributed by atoms with Gasteiger partial charge in [-0.2, -0.15) is 46.8 Å². The molecule has 0 aliphatic heterocycles. The minimum Gasteiger partial charge on any atom is -0.324 e. The SMILES string of the molecule is CC(=O)C(N=Nc1cccc(C(=O)Nc2ccc(Cl)c(C(F)(F)F)c2)c1Cl)C(=O)Nc1cc(C)c(NC(=O)C(N=Nc2cccc(C(=O)Nc3ccc(Cl)c(C(F)(F)F)c3)c2Cl)C(C)=O)cc1C. The first-order valence-electron chi connectivity index (χ1n) is 19.3. The molecule has 2 atom stereocenters. The van der Waals surface area contributed by atoms with Crippen LogP contribution in [0, 0.1) is 13.8 Å². The highest BCUT2D eigenvalue weighted by Gasteiger charge is 2.35. The van der Waals surface area contributed by atoms with E-state index in [4.69, 9.17) is 46.4 Å². The van der Waals surface area contributed by atoms with Crippen molar-refractivity contribution < 1.29 is 55.1 Å². The zero-order valence-electron chi connectivity index (χ0n) is 35.3. The molecule has 5 aromatic rings. The first-order valence-corrected chi connectivity index (χ1v) is 20.8. The van der Waals surface area contributed by atoms with Gasteiger partial charge in [-0.3, -0.25) is 28.8 Å². The van der Waals surface area contributed by atoms with Crippen molar-refractivity contribution in [3.8, 4) is 0 Å². The Morgan fingerprint density at radius 3 is 1.19 bits per heavy atom. The molecule has 0 aliphatic rings. The van der Waals surface area contributed by atoms with E-state index in [-0.39, 0.29) is 55.3 Å². The molecule has 14 nitrogen and oxygen atoms in total. The number of rotatable bonds is 14. The fourth-order valence-electron chi connectivity index (χ4n) is 5.95. The molecule has 0 fully saturated rings. The Balaban J connectivity index is 1.27. The Labute approximate surface area is 401 Å². The van der Waals surface area contributed by atoms with Gasteiger partial charge in [-0.1, -0.05) is 58.5 Å². The van der Waals surface area contributed by atoms with Crippen molar-refractivity contribution in [1.29, 1.82) is 0 Å². The predicted molar refractivity (Wildman–Crippen MR) is 243 cm³/mol. The Bertz CT molecular complexity index is 2740. The Kier molecular flexibility index (Phi) is 16.5. The number of hydrogen-bond donors (Lipinski definition) is 4. The average Bonchev–Trinajstić information content (AvgIpc) is 3.24. The van der Waals surface area contributed by atoms with Crippen LogP contribution in [0.2, 0.25) is 20.1 Å². The number of ketones is 2. The number of aryl methyl sites for hydroxylation is 2. The topological polar surface area (TPSA) is 200 Å². The average molecular weight is 1020 g/mol. The molecule has 68 heavy (non-hydrogen) atoms. The van der Waals surface area contributed by atoms with Crippen LogP contribution < -0.4 is 21.3 Å². The van der Waals surface area contributed by atoms with Crippen molar-refractivity contribution in [2.45, 2.75) is 52.1 Å². The van der Waals surface area contributed by atoms with Crippen molar-refractivity contribution in [2.75, 3.05) is 21.3 Å². The number of anilines is 4. The van der Waals surface area contributed by atoms with Gasteiger partial charge in [0.15, 0.2) is 11.6 Å². The van der Waals surface area contributed by atoms with E-state index in [1.54, 1.807) is 13.8 Å². The quantitative estimate of drug-likeness (QED) is 0.0484. The first-order chi connectivity index (χ1) is 31.8. The lowest BCUT2D eigenvalue weighted by atomic mass is 10.1. The highest BCUT2D eigenvalue weighted by molar-refractivity contribution is 6.37. The van der Waals surface area contributed by atoms with Gasteiger partial charge < -0.3 is 21.3 Å². The maximum atomic E-state index is 13.4. The number of azo groups is 2. The summed E-state index contributed by atoms with van der Waals surface area (Å²) in [5.74, 6) is -5.21. The lowest BCUT2D eigenvalue weighted by Crippen LogP contribution is -2.32. The fraction of sp³-hybridized carbons (Fsp3) is 0.182. The van der Waals surface area contributed by atoms with E-state index in [1.165, 1.54) is 48.5 Å². The number of amides is 4. The summed E-state index contributed by atoms with van der Waals surface area (Å²) in [6, 6.07) is 12.7. The van der Waals surface area contributed by atoms with Gasteiger partial charge in [0.2, 0.25) is 12.1 Å². The Morgan fingerprint density at radius 2 is 0.868 bits per heavy atom. The summed E-state index contributed by atoms with van der Waals surface area (Å²) < 4.78 is 80.1. The third kappa shape index (κ3) is 12.8. The van der Waals surface area contributed by atoms with Gasteiger partial charge in [0.1, 0.15) is 11.4 Å². The first kappa shape index (κ1) is 52.2. The number of halogens is 10. The molecule has 0 bridgehead atoms. The largest absolute Gasteiger partial charge is 0.417 e. The molecule has 24 heteroatoms. The monoisotopic (exact) mass is 1020 g/mol. The van der Waals surface area contributed by atoms with Crippen LogP contribution in [0.25, 0.3) is 0 Å². The number of nitrogens with zero attached hydrogens (tertiary/aromatic N) is 4. The summed E-state index contributed by atoms with van der Waals surface area (Å²) in [5.41, 5.74) is -2.53. The second kappa shape index (κ2) is 21.5. The number of carbonyl (C=O) groups is 6. The molecule has 0 aliphatic carbocycles. The van der Waals surface area contributed by atoms with Crippen LogP contribution in [0.5, 0.6) is 0 Å². The van der Waals surface area contributed by atoms with E-state index >= 15 is 0 Å². The molecule has 4 amide bonds. The molecule has 4 N–H and O–H groups in total. The summed E-state index contributed by atoms with van der Waals surface area (Å²) in [6.07, 6.45) is -9.59. The third-order valence-corrected chi connectivity index (χ3v) is 10.9. The van der Waals surface area contributed by atoms with Crippen LogP contribution >= 0.6 is 46.4 Å². The predicted octanol–water partition coefficient (Wildman–Crippen LogP) is 12.8. The maximum absolute atomic E-state index is 13.4. The van der Waals surface area contributed by atoms with Crippen LogP contribution in [-0.2, 0) is 31.5 Å². The van der Waals surface area contributed by atoms with Crippen LogP contribution in [0.15, 0.2) is 105 Å². The summed E-state index contributed by atoms with van der Waals surface area (Å²) in [6.45, 7) is 5.24. The van der Waals surface area contributed by atoms with Gasteiger partial charge >= 0.3 is 12.4 Å². The molecule has 0 saturated carbocycles. The third-order valence-electron chi connectivity index (χ3n) is 9.42. The smallest absolute Gasteiger partial charge is 0.324 e. The van der Waals surface area contributed by atoms with Crippen molar-refractivity contribution in [1.82, 2.24) is 0 Å². The number of carbonyl (C=O) groups excluding carboxylic acids is 6. The molecule has 5 rings (SSSR count). The van der Waals surface area contributed by atoms with Crippen molar-refractivity contribution in [2.24, 2.45) is 20.5 Å². The summed E-state index contributed by atoms with van der Waals surface area (Å²) >= 11 is 24.1. The summed E-state index contributed by atoms with van der Waals surface area (Å²) in [7, 11) is 0. The molecule has 0 saturated heterocycles. The second-order valence-corrected chi connectivity index (χ2v) is 16.1. The minimum atomic E-state index is -4.80. The number of hydrogen-bond acceptors (Lipinski definition) is 10. The van der Waals surface area contributed by atoms with E-state index in [0.717, 1.165) is 38.1 Å². The summed E-state index contributed by atoms with van der Waals surface area (Å²) in [4.78, 5) is 78.0. The highest BCUT2D eigenvalue weighted by atomic mass is 35.5. The van der Waals surface area contributed by atoms with E-state index in [0.29, 0.717) is 23.3 Å². The Hall–Kier alpha value is -6.74. The van der Waals surface area contributed by atoms with Gasteiger partial charge in [-0.05, 0) is 112 Å². The molecule has 0 aromatic heterocycles. The Morgan fingerprint density at radius 1 is 0.515 bits per heavy atom. The number of benzene rings is 5. The van der Waals surface area contributed by atoms with Crippen molar-refractivity contribution in [3.63, 3.8) is 0 Å². The molecule has 2 unspecified atom stereocenters. The van der Waals surface area contributed by atoms with E-state index in [2.05, 4.69) is 41.7 Å². The zero-order valence-corrected chi connectivity index (χ0v) is 38.3. The molecule has 0 heterocycles. The molecular formula is C44H32Cl4F6N8O6. The molecule has 354 valence electrons. The van der Waals surface area contributed by atoms with Crippen molar-refractivity contribution in [3.05, 3.63) is 138 Å². The highest BCUT2D eigenvalue weighted by Crippen LogP contribution is 2.39. The molecule has 5 aromatic carbocycles. The normalized spacial score (nSPS) is 12.7. The lowest BCUT2D eigenvalue weighted by Gasteiger charge is -2.16. The van der Waals surface area contributed by atoms with Gasteiger partial charge in [-0.15, -0.1) is 0 Å². The van der Waals surface area contributed by atoms with Crippen LogP contribution in [0.1, 0.15) is 56.8 Å². The second-order valence-electron chi connectivity index (χ2n) is 14.5. The fourth-order valence-corrected chi connectivity index (χ4v) is 6.90. The zero-order chi connectivity index (χ0) is 50.4.